The molecule has 0 bridgehead atoms. The molecule has 0 saturated carbocycles. The van der Waals surface area contributed by atoms with Gasteiger partial charge in [-0.2, -0.15) is 0 Å². The van der Waals surface area contributed by atoms with Crippen LogP contribution in [0.2, 0.25) is 5.02 Å². The van der Waals surface area contributed by atoms with Crippen LogP contribution in [0.1, 0.15) is 11.7 Å². The fraction of sp³-hybridized carbons (Fsp3) is 0.333. The van der Waals surface area contributed by atoms with Crippen molar-refractivity contribution < 1.29 is 10.2 Å². The number of hydrogen-bond donors (Lipinski definition) is 3. The summed E-state index contributed by atoms with van der Waals surface area (Å²) in [7, 11) is 0. The molecule has 0 fully saturated rings. The summed E-state index contributed by atoms with van der Waals surface area (Å²) in [6.07, 6.45) is -1.88. The van der Waals surface area contributed by atoms with Crippen LogP contribution in [-0.2, 0) is 0 Å². The monoisotopic (exact) mass is 279 g/mol. The number of nitrogen functional groups attached to an aromatic ring is 1. The standard InChI is InChI=1S/C9H11BrClNO2/c10-4-8(13)9(14)6-2-1-5(12)3-7(6)11/h1-3,8-9,13-14H,4,12H2. The summed E-state index contributed by atoms with van der Waals surface area (Å²) in [6.45, 7) is 0. The maximum absolute atomic E-state index is 9.66. The van der Waals surface area contributed by atoms with Gasteiger partial charge < -0.3 is 15.9 Å². The Balaban J connectivity index is 2.95. The van der Waals surface area contributed by atoms with E-state index >= 15 is 0 Å². The van der Waals surface area contributed by atoms with Crippen molar-refractivity contribution in [1.82, 2.24) is 0 Å². The summed E-state index contributed by atoms with van der Waals surface area (Å²) in [5.74, 6) is 0. The molecule has 0 heterocycles. The number of benzene rings is 1. The first-order valence-electron chi connectivity index (χ1n) is 4.03. The van der Waals surface area contributed by atoms with Crippen LogP contribution in [0.15, 0.2) is 18.2 Å². The fourth-order valence-corrected chi connectivity index (χ4v) is 1.73. The second-order valence-electron chi connectivity index (χ2n) is 2.95. The maximum atomic E-state index is 9.66. The van der Waals surface area contributed by atoms with Crippen LogP contribution in [0.5, 0.6) is 0 Å². The Morgan fingerprint density at radius 2 is 2.07 bits per heavy atom. The Bertz CT molecular complexity index is 322. The molecule has 0 aliphatic heterocycles. The molecule has 14 heavy (non-hydrogen) atoms. The molecule has 78 valence electrons. The topological polar surface area (TPSA) is 66.5 Å². The van der Waals surface area contributed by atoms with E-state index in [-0.39, 0.29) is 5.33 Å². The number of anilines is 1. The average molecular weight is 281 g/mol. The van der Waals surface area contributed by atoms with E-state index in [2.05, 4.69) is 15.9 Å². The number of aliphatic hydroxyl groups excluding tert-OH is 2. The normalized spacial score (nSPS) is 15.1. The van der Waals surface area contributed by atoms with Gasteiger partial charge in [0.25, 0.3) is 0 Å². The van der Waals surface area contributed by atoms with Crippen molar-refractivity contribution in [2.45, 2.75) is 12.2 Å². The predicted octanol–water partition coefficient (Wildman–Crippen LogP) is 1.71. The molecule has 0 aromatic heterocycles. The second kappa shape index (κ2) is 4.98. The van der Waals surface area contributed by atoms with Crippen LogP contribution < -0.4 is 5.73 Å². The zero-order chi connectivity index (χ0) is 10.7. The molecule has 2 atom stereocenters. The number of hydrogen-bond acceptors (Lipinski definition) is 3. The summed E-state index contributed by atoms with van der Waals surface area (Å²) in [5.41, 5.74) is 6.50. The first kappa shape index (κ1) is 11.8. The Hall–Kier alpha value is -0.290. The molecule has 0 aliphatic carbocycles. The van der Waals surface area contributed by atoms with E-state index in [1.54, 1.807) is 18.2 Å². The van der Waals surface area contributed by atoms with Gasteiger partial charge in [0.05, 0.1) is 6.10 Å². The van der Waals surface area contributed by atoms with Gasteiger partial charge in [0.1, 0.15) is 6.10 Å². The summed E-state index contributed by atoms with van der Waals surface area (Å²) >= 11 is 8.93. The summed E-state index contributed by atoms with van der Waals surface area (Å²) in [6, 6.07) is 4.78. The van der Waals surface area contributed by atoms with E-state index in [1.807, 2.05) is 0 Å². The molecule has 0 amide bonds. The van der Waals surface area contributed by atoms with Crippen molar-refractivity contribution in [1.29, 1.82) is 0 Å². The second-order valence-corrected chi connectivity index (χ2v) is 4.00. The van der Waals surface area contributed by atoms with E-state index in [9.17, 15) is 10.2 Å². The first-order chi connectivity index (χ1) is 6.56. The lowest BCUT2D eigenvalue weighted by molar-refractivity contribution is 0.0343. The predicted molar refractivity (Wildman–Crippen MR) is 60.6 cm³/mol. The molecule has 5 heteroatoms. The third-order valence-electron chi connectivity index (χ3n) is 1.87. The molecule has 1 aromatic carbocycles. The Morgan fingerprint density at radius 1 is 1.43 bits per heavy atom. The average Bonchev–Trinajstić information content (AvgIpc) is 2.15. The largest absolute Gasteiger partial charge is 0.399 e. The summed E-state index contributed by atoms with van der Waals surface area (Å²) < 4.78 is 0. The molecule has 4 N–H and O–H groups in total. The van der Waals surface area contributed by atoms with Crippen molar-refractivity contribution in [2.24, 2.45) is 0 Å². The number of rotatable bonds is 3. The van der Waals surface area contributed by atoms with Gasteiger partial charge in [-0.3, -0.25) is 0 Å². The van der Waals surface area contributed by atoms with E-state index in [4.69, 9.17) is 17.3 Å². The Kier molecular flexibility index (Phi) is 4.19. The minimum absolute atomic E-state index is 0.287. The molecule has 1 aromatic rings. The van der Waals surface area contributed by atoms with Gasteiger partial charge >= 0.3 is 0 Å². The summed E-state index contributed by atoms with van der Waals surface area (Å²) in [4.78, 5) is 0. The minimum Gasteiger partial charge on any atom is -0.399 e. The third kappa shape index (κ3) is 2.60. The van der Waals surface area contributed by atoms with Crippen molar-refractivity contribution in [2.75, 3.05) is 11.1 Å². The van der Waals surface area contributed by atoms with E-state index in [1.165, 1.54) is 0 Å². The highest BCUT2D eigenvalue weighted by Crippen LogP contribution is 2.27. The highest BCUT2D eigenvalue weighted by molar-refractivity contribution is 9.09. The first-order valence-corrected chi connectivity index (χ1v) is 5.53. The molecule has 3 nitrogen and oxygen atoms in total. The lowest BCUT2D eigenvalue weighted by atomic mass is 10.1. The Morgan fingerprint density at radius 3 is 2.57 bits per heavy atom. The van der Waals surface area contributed by atoms with Crippen molar-refractivity contribution in [3.63, 3.8) is 0 Å². The lowest BCUT2D eigenvalue weighted by Gasteiger charge is -2.17. The van der Waals surface area contributed by atoms with Gasteiger partial charge in [-0.1, -0.05) is 33.6 Å². The van der Waals surface area contributed by atoms with Gasteiger partial charge in [0, 0.05) is 21.6 Å². The molecule has 0 spiro atoms. The minimum atomic E-state index is -0.998. The van der Waals surface area contributed by atoms with E-state index < -0.39 is 12.2 Å². The van der Waals surface area contributed by atoms with Crippen LogP contribution in [0.3, 0.4) is 0 Å². The van der Waals surface area contributed by atoms with E-state index in [0.29, 0.717) is 16.3 Å². The van der Waals surface area contributed by atoms with Crippen molar-refractivity contribution in [3.05, 3.63) is 28.8 Å². The molecule has 0 saturated heterocycles. The van der Waals surface area contributed by atoms with Crippen LogP contribution in [0.25, 0.3) is 0 Å². The van der Waals surface area contributed by atoms with Gasteiger partial charge in [0.2, 0.25) is 0 Å². The fourth-order valence-electron chi connectivity index (χ4n) is 1.07. The maximum Gasteiger partial charge on any atom is 0.107 e. The van der Waals surface area contributed by atoms with Crippen LogP contribution in [0.4, 0.5) is 5.69 Å². The zero-order valence-corrected chi connectivity index (χ0v) is 9.66. The van der Waals surface area contributed by atoms with Crippen LogP contribution in [-0.4, -0.2) is 21.6 Å². The quantitative estimate of drug-likeness (QED) is 0.583. The highest BCUT2D eigenvalue weighted by atomic mass is 79.9. The molecule has 0 radical (unpaired) electrons. The smallest absolute Gasteiger partial charge is 0.107 e. The van der Waals surface area contributed by atoms with Gasteiger partial charge in [-0.25, -0.2) is 0 Å². The SMILES string of the molecule is Nc1ccc(C(O)C(O)CBr)c(Cl)c1. The highest BCUT2D eigenvalue weighted by Gasteiger charge is 2.19. The van der Waals surface area contributed by atoms with Gasteiger partial charge in [-0.05, 0) is 12.1 Å². The third-order valence-corrected chi connectivity index (χ3v) is 2.86. The number of halogens is 2. The molecule has 0 aliphatic rings. The number of aliphatic hydroxyl groups is 2. The lowest BCUT2D eigenvalue weighted by Crippen LogP contribution is -2.19. The molecule has 1 rings (SSSR count). The van der Waals surface area contributed by atoms with Crippen molar-refractivity contribution in [3.8, 4) is 0 Å². The molecule has 2 unspecified atom stereocenters. The van der Waals surface area contributed by atoms with Crippen LogP contribution in [0, 0.1) is 0 Å². The molecular weight excluding hydrogens is 269 g/mol. The van der Waals surface area contributed by atoms with Crippen molar-refractivity contribution >= 4 is 33.2 Å². The van der Waals surface area contributed by atoms with Gasteiger partial charge in [-0.15, -0.1) is 0 Å². The molecular formula is C9H11BrClNO2. The zero-order valence-electron chi connectivity index (χ0n) is 7.32. The van der Waals surface area contributed by atoms with E-state index in [0.717, 1.165) is 0 Å². The number of alkyl halides is 1. The Labute approximate surface area is 95.6 Å². The summed E-state index contributed by atoms with van der Waals surface area (Å²) in [5, 5.41) is 19.7. The van der Waals surface area contributed by atoms with Crippen LogP contribution >= 0.6 is 27.5 Å². The van der Waals surface area contributed by atoms with Gasteiger partial charge in [0.15, 0.2) is 0 Å². The number of nitrogens with two attached hydrogens (primary N) is 1.